The molecule has 0 bridgehead atoms. The lowest BCUT2D eigenvalue weighted by Gasteiger charge is -2.16. The minimum Gasteiger partial charge on any atom is -0.469 e. The van der Waals surface area contributed by atoms with Crippen LogP contribution in [-0.2, 0) is 16.4 Å². The largest absolute Gasteiger partial charge is 0.469 e. The van der Waals surface area contributed by atoms with Gasteiger partial charge in [0.15, 0.2) is 0 Å². The highest BCUT2D eigenvalue weighted by Gasteiger charge is 2.12. The van der Waals surface area contributed by atoms with Gasteiger partial charge in [0, 0.05) is 25.6 Å². The van der Waals surface area contributed by atoms with Crippen LogP contribution < -0.4 is 9.62 Å². The maximum absolute atomic E-state index is 12.0. The lowest BCUT2D eigenvalue weighted by atomic mass is 10.2. The molecule has 0 saturated carbocycles. The van der Waals surface area contributed by atoms with Crippen molar-refractivity contribution in [2.24, 2.45) is 0 Å². The van der Waals surface area contributed by atoms with Crippen molar-refractivity contribution in [3.8, 4) is 0 Å². The fraction of sp³-hybridized carbons (Fsp3) is 0.312. The first-order valence-electron chi connectivity index (χ1n) is 7.22. The van der Waals surface area contributed by atoms with E-state index in [0.717, 1.165) is 29.2 Å². The molecule has 124 valence electrons. The molecular formula is C16H20N2O4S. The normalized spacial score (nSPS) is 11.2. The van der Waals surface area contributed by atoms with Gasteiger partial charge in [-0.3, -0.25) is 9.10 Å². The van der Waals surface area contributed by atoms with Gasteiger partial charge < -0.3 is 9.73 Å². The first kappa shape index (κ1) is 17.1. The van der Waals surface area contributed by atoms with E-state index in [1.807, 2.05) is 12.1 Å². The van der Waals surface area contributed by atoms with E-state index < -0.39 is 10.0 Å². The number of carbonyl (C=O) groups is 1. The van der Waals surface area contributed by atoms with Crippen LogP contribution in [0, 0.1) is 0 Å². The van der Waals surface area contributed by atoms with Crippen LogP contribution in [0.2, 0.25) is 0 Å². The number of aryl methyl sites for hydroxylation is 1. The molecule has 2 aromatic rings. The average molecular weight is 336 g/mol. The minimum atomic E-state index is -3.30. The number of hydrogen-bond donors (Lipinski definition) is 1. The molecule has 0 saturated heterocycles. The Balaban J connectivity index is 1.85. The minimum absolute atomic E-state index is 0.182. The molecule has 1 aromatic carbocycles. The number of anilines is 1. The van der Waals surface area contributed by atoms with Gasteiger partial charge in [0.1, 0.15) is 5.76 Å². The summed E-state index contributed by atoms with van der Waals surface area (Å²) in [5.41, 5.74) is 1.01. The molecular weight excluding hydrogens is 316 g/mol. The summed E-state index contributed by atoms with van der Waals surface area (Å²) in [7, 11) is -1.83. The summed E-state index contributed by atoms with van der Waals surface area (Å²) in [6.07, 6.45) is 4.31. The number of sulfonamides is 1. The molecule has 0 aliphatic rings. The predicted octanol–water partition coefficient (Wildman–Crippen LogP) is 2.04. The van der Waals surface area contributed by atoms with Gasteiger partial charge >= 0.3 is 0 Å². The summed E-state index contributed by atoms with van der Waals surface area (Å²) >= 11 is 0. The topological polar surface area (TPSA) is 79.6 Å². The van der Waals surface area contributed by atoms with Crippen molar-refractivity contribution in [1.29, 1.82) is 0 Å². The summed E-state index contributed by atoms with van der Waals surface area (Å²) < 4.78 is 29.3. The fourth-order valence-electron chi connectivity index (χ4n) is 2.04. The van der Waals surface area contributed by atoms with Crippen LogP contribution in [-0.4, -0.2) is 34.2 Å². The number of furan rings is 1. The molecule has 6 nitrogen and oxygen atoms in total. The van der Waals surface area contributed by atoms with Crippen molar-refractivity contribution < 1.29 is 17.6 Å². The first-order valence-corrected chi connectivity index (χ1v) is 9.07. The van der Waals surface area contributed by atoms with E-state index in [-0.39, 0.29) is 5.91 Å². The third kappa shape index (κ3) is 4.85. The standard InChI is InChI=1S/C16H20N2O4S/c1-18(23(2,20)21)14-9-7-13(8-10-14)16(19)17-11-3-5-15-6-4-12-22-15/h4,6-10,12H,3,5,11H2,1-2H3,(H,17,19). The monoisotopic (exact) mass is 336 g/mol. The Kier molecular flexibility index (Phi) is 5.44. The second-order valence-electron chi connectivity index (χ2n) is 5.22. The van der Waals surface area contributed by atoms with Gasteiger partial charge in [-0.15, -0.1) is 0 Å². The summed E-state index contributed by atoms with van der Waals surface area (Å²) in [5, 5.41) is 2.83. The van der Waals surface area contributed by atoms with Gasteiger partial charge in [-0.05, 0) is 42.8 Å². The van der Waals surface area contributed by atoms with Crippen molar-refractivity contribution in [1.82, 2.24) is 5.32 Å². The molecule has 23 heavy (non-hydrogen) atoms. The molecule has 1 aromatic heterocycles. The van der Waals surface area contributed by atoms with Crippen molar-refractivity contribution in [2.75, 3.05) is 24.2 Å². The van der Waals surface area contributed by atoms with Crippen molar-refractivity contribution >= 4 is 21.6 Å². The molecule has 1 amide bonds. The number of hydrogen-bond acceptors (Lipinski definition) is 4. The maximum Gasteiger partial charge on any atom is 0.251 e. The van der Waals surface area contributed by atoms with Gasteiger partial charge in [0.25, 0.3) is 5.91 Å². The Bertz CT molecular complexity index is 737. The second-order valence-corrected chi connectivity index (χ2v) is 7.23. The van der Waals surface area contributed by atoms with E-state index in [0.29, 0.717) is 17.8 Å². The zero-order chi connectivity index (χ0) is 16.9. The Morgan fingerprint density at radius 3 is 2.48 bits per heavy atom. The van der Waals surface area contributed by atoms with E-state index in [1.54, 1.807) is 30.5 Å². The second kappa shape index (κ2) is 7.32. The smallest absolute Gasteiger partial charge is 0.251 e. The molecule has 0 aliphatic carbocycles. The number of carbonyl (C=O) groups excluding carboxylic acids is 1. The molecule has 7 heteroatoms. The van der Waals surface area contributed by atoms with E-state index in [1.165, 1.54) is 7.05 Å². The molecule has 1 N–H and O–H groups in total. The number of rotatable bonds is 7. The highest BCUT2D eigenvalue weighted by molar-refractivity contribution is 7.92. The summed E-state index contributed by atoms with van der Waals surface area (Å²) in [5.74, 6) is 0.713. The van der Waals surface area contributed by atoms with Gasteiger partial charge in [0.05, 0.1) is 18.2 Å². The molecule has 2 rings (SSSR count). The SMILES string of the molecule is CN(c1ccc(C(=O)NCCCc2ccco2)cc1)S(C)(=O)=O. The van der Waals surface area contributed by atoms with Crippen LogP contribution in [0.4, 0.5) is 5.69 Å². The molecule has 0 aliphatic heterocycles. The highest BCUT2D eigenvalue weighted by atomic mass is 32.2. The van der Waals surface area contributed by atoms with E-state index in [2.05, 4.69) is 5.32 Å². The molecule has 0 fully saturated rings. The number of nitrogens with zero attached hydrogens (tertiary/aromatic N) is 1. The third-order valence-corrected chi connectivity index (χ3v) is 4.66. The van der Waals surface area contributed by atoms with E-state index in [4.69, 9.17) is 4.42 Å². The van der Waals surface area contributed by atoms with Gasteiger partial charge in [-0.1, -0.05) is 0 Å². The van der Waals surface area contributed by atoms with Crippen molar-refractivity contribution in [3.63, 3.8) is 0 Å². The number of benzene rings is 1. The first-order chi connectivity index (χ1) is 10.9. The molecule has 0 spiro atoms. The van der Waals surface area contributed by atoms with Gasteiger partial charge in [0.2, 0.25) is 10.0 Å². The van der Waals surface area contributed by atoms with Crippen LogP contribution >= 0.6 is 0 Å². The fourth-order valence-corrected chi connectivity index (χ4v) is 2.54. The molecule has 0 radical (unpaired) electrons. The number of nitrogens with one attached hydrogen (secondary N) is 1. The van der Waals surface area contributed by atoms with Crippen LogP contribution in [0.3, 0.4) is 0 Å². The summed E-state index contributed by atoms with van der Waals surface area (Å²) in [6.45, 7) is 0.546. The summed E-state index contributed by atoms with van der Waals surface area (Å²) in [6, 6.07) is 10.2. The highest BCUT2D eigenvalue weighted by Crippen LogP contribution is 2.16. The van der Waals surface area contributed by atoms with E-state index >= 15 is 0 Å². The Hall–Kier alpha value is -2.28. The predicted molar refractivity (Wildman–Crippen MR) is 89.1 cm³/mol. The van der Waals surface area contributed by atoms with Crippen molar-refractivity contribution in [2.45, 2.75) is 12.8 Å². The van der Waals surface area contributed by atoms with Crippen LogP contribution in [0.15, 0.2) is 47.1 Å². The van der Waals surface area contributed by atoms with Gasteiger partial charge in [-0.2, -0.15) is 0 Å². The third-order valence-electron chi connectivity index (χ3n) is 3.46. The van der Waals surface area contributed by atoms with Gasteiger partial charge in [-0.25, -0.2) is 8.42 Å². The van der Waals surface area contributed by atoms with Crippen LogP contribution in [0.25, 0.3) is 0 Å². The molecule has 0 atom stereocenters. The number of amides is 1. The Labute approximate surface area is 136 Å². The van der Waals surface area contributed by atoms with E-state index in [9.17, 15) is 13.2 Å². The Morgan fingerprint density at radius 2 is 1.91 bits per heavy atom. The maximum atomic E-state index is 12.0. The average Bonchev–Trinajstić information content (AvgIpc) is 3.03. The Morgan fingerprint density at radius 1 is 1.22 bits per heavy atom. The lowest BCUT2D eigenvalue weighted by Crippen LogP contribution is -2.26. The zero-order valence-corrected chi connectivity index (χ0v) is 14.0. The van der Waals surface area contributed by atoms with Crippen molar-refractivity contribution in [3.05, 3.63) is 54.0 Å². The zero-order valence-electron chi connectivity index (χ0n) is 13.2. The lowest BCUT2D eigenvalue weighted by molar-refractivity contribution is 0.0953. The molecule has 0 unspecified atom stereocenters. The quantitative estimate of drug-likeness (QED) is 0.785. The van der Waals surface area contributed by atoms with Crippen LogP contribution in [0.5, 0.6) is 0 Å². The van der Waals surface area contributed by atoms with Crippen LogP contribution in [0.1, 0.15) is 22.5 Å². The summed E-state index contributed by atoms with van der Waals surface area (Å²) in [4.78, 5) is 12.0. The molecule has 1 heterocycles.